The Labute approximate surface area is 145 Å². The van der Waals surface area contributed by atoms with Gasteiger partial charge in [-0.15, -0.1) is 0 Å². The third-order valence-corrected chi connectivity index (χ3v) is 4.33. The van der Waals surface area contributed by atoms with Crippen LogP contribution in [0.1, 0.15) is 6.42 Å². The Balaban J connectivity index is 1.58. The van der Waals surface area contributed by atoms with Gasteiger partial charge in [-0.05, 0) is 18.9 Å². The van der Waals surface area contributed by atoms with Crippen LogP contribution in [0.5, 0.6) is 0 Å². The number of nitrogens with zero attached hydrogens (tertiary/aromatic N) is 5. The van der Waals surface area contributed by atoms with Crippen molar-refractivity contribution < 1.29 is 5.11 Å². The molecule has 0 bridgehead atoms. The van der Waals surface area contributed by atoms with Gasteiger partial charge < -0.3 is 20.6 Å². The molecule has 1 aliphatic rings. The standard InChI is InChI=1S/C15H22ClN7O/c1-22-10-12(7-19-22)20-15-18-8-13(16)14(21-15)17-6-11-2-3-23(9-11)4-5-24/h7-8,10-11,24H,2-6,9H2,1H3,(H2,17,18,20,21)/t11-/m1/s1. The Hall–Kier alpha value is -1.90. The van der Waals surface area contributed by atoms with Gasteiger partial charge in [-0.25, -0.2) is 4.98 Å². The molecule has 8 nitrogen and oxygen atoms in total. The summed E-state index contributed by atoms with van der Waals surface area (Å²) < 4.78 is 1.70. The van der Waals surface area contributed by atoms with E-state index in [1.165, 1.54) is 0 Å². The second kappa shape index (κ2) is 7.78. The van der Waals surface area contributed by atoms with E-state index >= 15 is 0 Å². The number of aromatic nitrogens is 4. The van der Waals surface area contributed by atoms with Crippen molar-refractivity contribution in [2.24, 2.45) is 13.0 Å². The molecule has 0 radical (unpaired) electrons. The number of nitrogens with one attached hydrogen (secondary N) is 2. The maximum Gasteiger partial charge on any atom is 0.229 e. The number of hydrogen-bond donors (Lipinski definition) is 3. The highest BCUT2D eigenvalue weighted by atomic mass is 35.5. The molecule has 3 heterocycles. The van der Waals surface area contributed by atoms with Gasteiger partial charge >= 0.3 is 0 Å². The molecule has 24 heavy (non-hydrogen) atoms. The predicted octanol–water partition coefficient (Wildman–Crippen LogP) is 1.33. The van der Waals surface area contributed by atoms with Crippen molar-refractivity contribution in [3.63, 3.8) is 0 Å². The lowest BCUT2D eigenvalue weighted by Gasteiger charge is -2.15. The van der Waals surface area contributed by atoms with Crippen LogP contribution in [-0.4, -0.2) is 62.5 Å². The number of halogens is 1. The summed E-state index contributed by atoms with van der Waals surface area (Å²) in [6, 6.07) is 0. The monoisotopic (exact) mass is 351 g/mol. The molecule has 0 aliphatic carbocycles. The number of aliphatic hydroxyl groups is 1. The smallest absolute Gasteiger partial charge is 0.229 e. The Morgan fingerprint density at radius 1 is 1.42 bits per heavy atom. The van der Waals surface area contributed by atoms with E-state index in [0.29, 0.717) is 22.7 Å². The minimum absolute atomic E-state index is 0.210. The number of aliphatic hydroxyl groups excluding tert-OH is 1. The van der Waals surface area contributed by atoms with Gasteiger partial charge in [-0.2, -0.15) is 10.1 Å². The summed E-state index contributed by atoms with van der Waals surface area (Å²) in [6.07, 6.45) is 6.25. The Morgan fingerprint density at radius 3 is 3.04 bits per heavy atom. The zero-order chi connectivity index (χ0) is 16.9. The summed E-state index contributed by atoms with van der Waals surface area (Å²) in [5.74, 6) is 1.62. The van der Waals surface area contributed by atoms with E-state index in [2.05, 4.69) is 30.6 Å². The minimum Gasteiger partial charge on any atom is -0.395 e. The third kappa shape index (κ3) is 4.34. The minimum atomic E-state index is 0.210. The van der Waals surface area contributed by atoms with Gasteiger partial charge in [0.1, 0.15) is 5.02 Å². The molecule has 1 atom stereocenters. The Kier molecular flexibility index (Phi) is 5.49. The zero-order valence-corrected chi connectivity index (χ0v) is 14.4. The summed E-state index contributed by atoms with van der Waals surface area (Å²) in [7, 11) is 1.85. The highest BCUT2D eigenvalue weighted by molar-refractivity contribution is 6.32. The largest absolute Gasteiger partial charge is 0.395 e. The van der Waals surface area contributed by atoms with Crippen LogP contribution in [0.4, 0.5) is 17.5 Å². The van der Waals surface area contributed by atoms with Crippen molar-refractivity contribution in [2.75, 3.05) is 43.4 Å². The summed E-state index contributed by atoms with van der Waals surface area (Å²) >= 11 is 6.19. The summed E-state index contributed by atoms with van der Waals surface area (Å²) in [4.78, 5) is 10.9. The van der Waals surface area contributed by atoms with Crippen LogP contribution in [0.25, 0.3) is 0 Å². The molecule has 1 saturated heterocycles. The fraction of sp³-hybridized carbons (Fsp3) is 0.533. The van der Waals surface area contributed by atoms with E-state index in [0.717, 1.165) is 38.3 Å². The van der Waals surface area contributed by atoms with Gasteiger partial charge in [0.2, 0.25) is 5.95 Å². The van der Waals surface area contributed by atoms with Gasteiger partial charge in [0.05, 0.1) is 24.7 Å². The molecular formula is C15H22ClN7O. The molecule has 9 heteroatoms. The van der Waals surface area contributed by atoms with Crippen molar-refractivity contribution >= 4 is 29.1 Å². The highest BCUT2D eigenvalue weighted by Crippen LogP contribution is 2.23. The molecule has 3 N–H and O–H groups in total. The summed E-state index contributed by atoms with van der Waals surface area (Å²) in [6.45, 7) is 3.76. The van der Waals surface area contributed by atoms with E-state index in [9.17, 15) is 0 Å². The number of hydrogen-bond acceptors (Lipinski definition) is 7. The summed E-state index contributed by atoms with van der Waals surface area (Å²) in [5.41, 5.74) is 0.821. The fourth-order valence-corrected chi connectivity index (χ4v) is 2.99. The first-order chi connectivity index (χ1) is 11.6. The molecule has 130 valence electrons. The zero-order valence-electron chi connectivity index (χ0n) is 13.6. The molecule has 0 aromatic carbocycles. The lowest BCUT2D eigenvalue weighted by molar-refractivity contribution is 0.218. The number of aryl methyl sites for hydroxylation is 1. The van der Waals surface area contributed by atoms with Crippen LogP contribution < -0.4 is 10.6 Å². The number of anilines is 3. The van der Waals surface area contributed by atoms with Crippen LogP contribution in [0, 0.1) is 5.92 Å². The van der Waals surface area contributed by atoms with Gasteiger partial charge in [-0.1, -0.05) is 11.6 Å². The van der Waals surface area contributed by atoms with Crippen LogP contribution in [-0.2, 0) is 7.05 Å². The molecule has 2 aromatic rings. The molecule has 3 rings (SSSR count). The normalized spacial score (nSPS) is 18.0. The van der Waals surface area contributed by atoms with Crippen molar-refractivity contribution in [1.82, 2.24) is 24.6 Å². The van der Waals surface area contributed by atoms with E-state index in [-0.39, 0.29) is 6.61 Å². The maximum atomic E-state index is 9.01. The van der Waals surface area contributed by atoms with E-state index in [4.69, 9.17) is 16.7 Å². The first kappa shape index (κ1) is 16.9. The van der Waals surface area contributed by atoms with Crippen LogP contribution in [0.3, 0.4) is 0 Å². The molecule has 0 saturated carbocycles. The Morgan fingerprint density at radius 2 is 2.29 bits per heavy atom. The van der Waals surface area contributed by atoms with Crippen LogP contribution in [0.2, 0.25) is 5.02 Å². The quantitative estimate of drug-likeness (QED) is 0.693. The van der Waals surface area contributed by atoms with Gasteiger partial charge in [0.15, 0.2) is 5.82 Å². The van der Waals surface area contributed by atoms with Crippen LogP contribution >= 0.6 is 11.6 Å². The van der Waals surface area contributed by atoms with Crippen molar-refractivity contribution in [2.45, 2.75) is 6.42 Å². The SMILES string of the molecule is Cn1cc(Nc2ncc(Cl)c(NC[C@H]3CCN(CCO)C3)n2)cn1. The van der Waals surface area contributed by atoms with E-state index in [1.807, 2.05) is 13.2 Å². The molecule has 0 amide bonds. The van der Waals surface area contributed by atoms with E-state index < -0.39 is 0 Å². The van der Waals surface area contributed by atoms with E-state index in [1.54, 1.807) is 17.1 Å². The molecule has 2 aromatic heterocycles. The average molecular weight is 352 g/mol. The Bertz CT molecular complexity index is 678. The predicted molar refractivity (Wildman–Crippen MR) is 93.7 cm³/mol. The van der Waals surface area contributed by atoms with Gasteiger partial charge in [0.25, 0.3) is 0 Å². The van der Waals surface area contributed by atoms with Gasteiger partial charge in [-0.3, -0.25) is 4.68 Å². The fourth-order valence-electron chi connectivity index (χ4n) is 2.83. The average Bonchev–Trinajstić information content (AvgIpc) is 3.17. The molecule has 0 unspecified atom stereocenters. The summed E-state index contributed by atoms with van der Waals surface area (Å²) in [5, 5.41) is 20.0. The second-order valence-corrected chi connectivity index (χ2v) is 6.38. The molecule has 1 fully saturated rings. The van der Waals surface area contributed by atoms with Crippen LogP contribution in [0.15, 0.2) is 18.6 Å². The maximum absolute atomic E-state index is 9.01. The molecule has 0 spiro atoms. The third-order valence-electron chi connectivity index (χ3n) is 4.05. The number of β-amino-alcohol motifs (C(OH)–C–C–N with tert-alkyl or cyclic N) is 1. The first-order valence-electron chi connectivity index (χ1n) is 7.99. The van der Waals surface area contributed by atoms with Crippen molar-refractivity contribution in [1.29, 1.82) is 0 Å². The highest BCUT2D eigenvalue weighted by Gasteiger charge is 2.22. The number of likely N-dealkylation sites (tertiary alicyclic amines) is 1. The molecular weight excluding hydrogens is 330 g/mol. The second-order valence-electron chi connectivity index (χ2n) is 5.98. The first-order valence-corrected chi connectivity index (χ1v) is 8.37. The topological polar surface area (TPSA) is 91.1 Å². The lowest BCUT2D eigenvalue weighted by atomic mass is 10.1. The van der Waals surface area contributed by atoms with Crippen molar-refractivity contribution in [3.8, 4) is 0 Å². The number of rotatable bonds is 7. The van der Waals surface area contributed by atoms with Crippen molar-refractivity contribution in [3.05, 3.63) is 23.6 Å². The lowest BCUT2D eigenvalue weighted by Crippen LogP contribution is -2.25. The molecule has 1 aliphatic heterocycles. The van der Waals surface area contributed by atoms with Gasteiger partial charge in [0, 0.05) is 32.9 Å².